The first kappa shape index (κ1) is 21.6. The SMILES string of the molecule is CC(C)OC(=O)CN1C(=O)S/C(=C\c2ccccc2OCc2ccc(F)cc2)C1=O. The van der Waals surface area contributed by atoms with E-state index in [-0.39, 0.29) is 23.4 Å². The summed E-state index contributed by atoms with van der Waals surface area (Å²) in [5, 5.41) is -0.531. The average molecular weight is 429 g/mol. The van der Waals surface area contributed by atoms with Crippen molar-refractivity contribution in [2.45, 2.75) is 26.6 Å². The van der Waals surface area contributed by atoms with Crippen molar-refractivity contribution < 1.29 is 28.2 Å². The Morgan fingerprint density at radius 3 is 2.53 bits per heavy atom. The molecule has 2 aromatic carbocycles. The summed E-state index contributed by atoms with van der Waals surface area (Å²) in [5.74, 6) is -1.02. The zero-order chi connectivity index (χ0) is 21.7. The molecular formula is C22H20FNO5S. The van der Waals surface area contributed by atoms with Crippen molar-refractivity contribution in [3.8, 4) is 5.75 Å². The van der Waals surface area contributed by atoms with E-state index in [0.29, 0.717) is 11.3 Å². The number of imide groups is 1. The van der Waals surface area contributed by atoms with Crippen molar-refractivity contribution in [1.29, 1.82) is 0 Å². The predicted octanol–water partition coefficient (Wildman–Crippen LogP) is 4.39. The number of rotatable bonds is 7. The molecule has 0 bridgehead atoms. The first-order chi connectivity index (χ1) is 14.3. The van der Waals surface area contributed by atoms with E-state index in [4.69, 9.17) is 9.47 Å². The smallest absolute Gasteiger partial charge is 0.326 e. The summed E-state index contributed by atoms with van der Waals surface area (Å²) in [6, 6.07) is 13.0. The predicted molar refractivity (Wildman–Crippen MR) is 111 cm³/mol. The highest BCUT2D eigenvalue weighted by Crippen LogP contribution is 2.34. The molecule has 0 aromatic heterocycles. The van der Waals surface area contributed by atoms with Gasteiger partial charge >= 0.3 is 5.97 Å². The molecule has 0 radical (unpaired) electrons. The summed E-state index contributed by atoms with van der Waals surface area (Å²) < 4.78 is 23.9. The van der Waals surface area contributed by atoms with Crippen LogP contribution in [-0.2, 0) is 20.9 Å². The Hall–Kier alpha value is -3.13. The summed E-state index contributed by atoms with van der Waals surface area (Å²) in [6.07, 6.45) is 1.22. The third-order valence-electron chi connectivity index (χ3n) is 4.04. The summed E-state index contributed by atoms with van der Waals surface area (Å²) >= 11 is 0.756. The molecule has 0 N–H and O–H groups in total. The van der Waals surface area contributed by atoms with Crippen molar-refractivity contribution in [3.05, 3.63) is 70.4 Å². The number of nitrogens with zero attached hydrogens (tertiary/aromatic N) is 1. The molecular weight excluding hydrogens is 409 g/mol. The number of carbonyl (C=O) groups excluding carboxylic acids is 3. The lowest BCUT2D eigenvalue weighted by Crippen LogP contribution is -2.35. The minimum Gasteiger partial charge on any atom is -0.488 e. The Labute approximate surface area is 177 Å². The van der Waals surface area contributed by atoms with Crippen molar-refractivity contribution in [3.63, 3.8) is 0 Å². The van der Waals surface area contributed by atoms with Gasteiger partial charge in [0.1, 0.15) is 24.7 Å². The highest BCUT2D eigenvalue weighted by atomic mass is 32.2. The standard InChI is InChI=1S/C22H20FNO5S/c1-14(2)29-20(25)12-24-21(26)19(30-22(24)27)11-16-5-3-4-6-18(16)28-13-15-7-9-17(23)10-8-15/h3-11,14H,12-13H2,1-2H3/b19-11-. The maximum atomic E-state index is 13.0. The summed E-state index contributed by atoms with van der Waals surface area (Å²) in [6.45, 7) is 3.17. The number of amides is 2. The molecule has 2 aromatic rings. The number of thioether (sulfide) groups is 1. The number of hydrogen-bond donors (Lipinski definition) is 0. The molecule has 6 nitrogen and oxygen atoms in total. The van der Waals surface area contributed by atoms with Crippen LogP contribution in [0.1, 0.15) is 25.0 Å². The molecule has 1 saturated heterocycles. The van der Waals surface area contributed by atoms with Gasteiger partial charge in [-0.05, 0) is 55.4 Å². The molecule has 0 aliphatic carbocycles. The summed E-state index contributed by atoms with van der Waals surface area (Å²) in [4.78, 5) is 37.7. The van der Waals surface area contributed by atoms with Gasteiger partial charge in [-0.2, -0.15) is 0 Å². The second-order valence-corrected chi connectivity index (χ2v) is 7.75. The van der Waals surface area contributed by atoms with Gasteiger partial charge in [0.15, 0.2) is 0 Å². The number of benzene rings is 2. The molecule has 0 saturated carbocycles. The summed E-state index contributed by atoms with van der Waals surface area (Å²) in [5.41, 5.74) is 1.39. The van der Waals surface area contributed by atoms with Crippen LogP contribution in [0.25, 0.3) is 6.08 Å². The van der Waals surface area contributed by atoms with Crippen LogP contribution >= 0.6 is 11.8 Å². The van der Waals surface area contributed by atoms with E-state index >= 15 is 0 Å². The van der Waals surface area contributed by atoms with Crippen molar-refractivity contribution in [2.24, 2.45) is 0 Å². The van der Waals surface area contributed by atoms with Gasteiger partial charge in [0.05, 0.1) is 11.0 Å². The van der Waals surface area contributed by atoms with Crippen LogP contribution in [0.2, 0.25) is 0 Å². The van der Waals surface area contributed by atoms with Crippen LogP contribution in [0.5, 0.6) is 5.75 Å². The van der Waals surface area contributed by atoms with Crippen LogP contribution in [0.3, 0.4) is 0 Å². The molecule has 1 aliphatic rings. The molecule has 156 valence electrons. The minimum atomic E-state index is -0.642. The molecule has 1 fully saturated rings. The Bertz CT molecular complexity index is 987. The van der Waals surface area contributed by atoms with Gasteiger partial charge < -0.3 is 9.47 Å². The lowest BCUT2D eigenvalue weighted by Gasteiger charge is -2.13. The van der Waals surface area contributed by atoms with E-state index in [1.807, 2.05) is 0 Å². The van der Waals surface area contributed by atoms with Gasteiger partial charge in [-0.3, -0.25) is 19.3 Å². The lowest BCUT2D eigenvalue weighted by atomic mass is 10.1. The van der Waals surface area contributed by atoms with Gasteiger partial charge in [-0.1, -0.05) is 30.3 Å². The van der Waals surface area contributed by atoms with E-state index in [2.05, 4.69) is 0 Å². The average Bonchev–Trinajstić information content (AvgIpc) is 2.95. The molecule has 2 amide bonds. The molecule has 0 atom stereocenters. The number of carbonyl (C=O) groups is 3. The zero-order valence-corrected chi connectivity index (χ0v) is 17.3. The Morgan fingerprint density at radius 1 is 1.13 bits per heavy atom. The van der Waals surface area contributed by atoms with Crippen LogP contribution in [0.4, 0.5) is 9.18 Å². The second kappa shape index (κ2) is 9.58. The van der Waals surface area contributed by atoms with Crippen LogP contribution in [-0.4, -0.2) is 34.7 Å². The maximum absolute atomic E-state index is 13.0. The number of para-hydroxylation sites is 1. The van der Waals surface area contributed by atoms with Gasteiger partial charge in [-0.15, -0.1) is 0 Å². The van der Waals surface area contributed by atoms with Gasteiger partial charge in [-0.25, -0.2) is 4.39 Å². The zero-order valence-electron chi connectivity index (χ0n) is 16.5. The van der Waals surface area contributed by atoms with Gasteiger partial charge in [0.25, 0.3) is 11.1 Å². The van der Waals surface area contributed by atoms with E-state index in [9.17, 15) is 18.8 Å². The monoisotopic (exact) mass is 429 g/mol. The van der Waals surface area contributed by atoms with E-state index in [1.54, 1.807) is 56.3 Å². The molecule has 8 heteroatoms. The number of ether oxygens (including phenoxy) is 2. The first-order valence-electron chi connectivity index (χ1n) is 9.24. The first-order valence-corrected chi connectivity index (χ1v) is 10.1. The molecule has 1 aliphatic heterocycles. The highest BCUT2D eigenvalue weighted by molar-refractivity contribution is 8.18. The van der Waals surface area contributed by atoms with Crippen molar-refractivity contribution in [2.75, 3.05) is 6.54 Å². The Balaban J connectivity index is 1.73. The topological polar surface area (TPSA) is 72.9 Å². The fourth-order valence-electron chi connectivity index (χ4n) is 2.68. The molecule has 0 unspecified atom stereocenters. The van der Waals surface area contributed by atoms with E-state index in [1.165, 1.54) is 12.1 Å². The van der Waals surface area contributed by atoms with Gasteiger partial charge in [0, 0.05) is 5.56 Å². The fourth-order valence-corrected chi connectivity index (χ4v) is 3.51. The normalized spacial score (nSPS) is 15.2. The number of halogens is 1. The molecule has 0 spiro atoms. The molecule has 30 heavy (non-hydrogen) atoms. The van der Waals surface area contributed by atoms with Crippen LogP contribution in [0, 0.1) is 5.82 Å². The van der Waals surface area contributed by atoms with Crippen molar-refractivity contribution >= 4 is 35.0 Å². The number of hydrogen-bond acceptors (Lipinski definition) is 6. The van der Waals surface area contributed by atoms with Crippen LogP contribution in [0.15, 0.2) is 53.4 Å². The number of esters is 1. The third kappa shape index (κ3) is 5.48. The van der Waals surface area contributed by atoms with Crippen LogP contribution < -0.4 is 4.74 Å². The van der Waals surface area contributed by atoms with E-state index < -0.39 is 23.7 Å². The third-order valence-corrected chi connectivity index (χ3v) is 4.95. The molecule has 3 rings (SSSR count). The lowest BCUT2D eigenvalue weighted by molar-refractivity contribution is -0.149. The quantitative estimate of drug-likeness (QED) is 0.480. The maximum Gasteiger partial charge on any atom is 0.326 e. The largest absolute Gasteiger partial charge is 0.488 e. The van der Waals surface area contributed by atoms with Crippen molar-refractivity contribution in [1.82, 2.24) is 4.90 Å². The Morgan fingerprint density at radius 2 is 1.83 bits per heavy atom. The summed E-state index contributed by atoms with van der Waals surface area (Å²) in [7, 11) is 0. The Kier molecular flexibility index (Phi) is 6.89. The highest BCUT2D eigenvalue weighted by Gasteiger charge is 2.37. The molecule has 1 heterocycles. The fraction of sp³-hybridized carbons (Fsp3) is 0.227. The van der Waals surface area contributed by atoms with Gasteiger partial charge in [0.2, 0.25) is 0 Å². The second-order valence-electron chi connectivity index (χ2n) is 6.76. The van der Waals surface area contributed by atoms with E-state index in [0.717, 1.165) is 22.2 Å². The minimum absolute atomic E-state index is 0.190.